The number of nitrogens with zero attached hydrogens (tertiary/aromatic N) is 4. The number of pyridine rings is 1. The quantitative estimate of drug-likeness (QED) is 0.477. The normalized spacial score (nSPS) is 19.7. The maximum atomic E-state index is 13.2. The molecule has 1 aromatic carbocycles. The van der Waals surface area contributed by atoms with E-state index in [9.17, 15) is 14.4 Å². The van der Waals surface area contributed by atoms with Crippen LogP contribution in [0, 0.1) is 0 Å². The first kappa shape index (κ1) is 26.5. The Kier molecular flexibility index (Phi) is 7.89. The Hall–Kier alpha value is -3.12. The van der Waals surface area contributed by atoms with Gasteiger partial charge in [-0.3, -0.25) is 19.4 Å². The lowest BCUT2D eigenvalue weighted by Crippen LogP contribution is -2.61. The van der Waals surface area contributed by atoms with Gasteiger partial charge in [0.1, 0.15) is 12.3 Å². The van der Waals surface area contributed by atoms with Gasteiger partial charge in [0.2, 0.25) is 5.91 Å². The van der Waals surface area contributed by atoms with E-state index in [0.717, 1.165) is 40.9 Å². The molecule has 200 valence electrons. The molecule has 10 nitrogen and oxygen atoms in total. The number of methoxy groups -OCH3 is 1. The number of aromatic nitrogens is 2. The molecule has 2 aromatic heterocycles. The fourth-order valence-electron chi connectivity index (χ4n) is 4.84. The second-order valence-corrected chi connectivity index (χ2v) is 11.2. The average Bonchev–Trinajstić information content (AvgIpc) is 3.33. The highest BCUT2D eigenvalue weighted by atomic mass is 35.5. The number of nitrogens with one attached hydrogen (secondary N) is 2. The van der Waals surface area contributed by atoms with E-state index in [2.05, 4.69) is 25.5 Å². The van der Waals surface area contributed by atoms with Crippen molar-refractivity contribution in [2.75, 3.05) is 40.4 Å². The molecular formula is C26H29ClN6O4S. The summed E-state index contributed by atoms with van der Waals surface area (Å²) in [5, 5.41) is 8.73. The summed E-state index contributed by atoms with van der Waals surface area (Å²) in [5.41, 5.74) is 1.23. The van der Waals surface area contributed by atoms with Crippen molar-refractivity contribution in [1.29, 1.82) is 0 Å². The van der Waals surface area contributed by atoms with Gasteiger partial charge in [0.05, 0.1) is 17.8 Å². The van der Waals surface area contributed by atoms with Gasteiger partial charge in [-0.05, 0) is 37.1 Å². The highest BCUT2D eigenvalue weighted by Gasteiger charge is 2.35. The average molecular weight is 557 g/mol. The van der Waals surface area contributed by atoms with E-state index in [4.69, 9.17) is 16.3 Å². The number of halogens is 1. The number of rotatable bonds is 6. The SMILES string of the molecule is COCC(=O)N1CCC(NC(=O)c2cc3ccc(Cl)cc3cn2)C(NC(=O)c2nc3c(s2)CN(C)CC3)C1. The largest absolute Gasteiger partial charge is 0.375 e. The Morgan fingerprint density at radius 2 is 1.95 bits per heavy atom. The van der Waals surface area contributed by atoms with Crippen LogP contribution >= 0.6 is 22.9 Å². The van der Waals surface area contributed by atoms with Crippen molar-refractivity contribution in [3.63, 3.8) is 0 Å². The molecule has 0 spiro atoms. The van der Waals surface area contributed by atoms with Gasteiger partial charge in [0.15, 0.2) is 5.01 Å². The number of amides is 3. The minimum absolute atomic E-state index is 0.0462. The molecule has 5 rings (SSSR count). The topological polar surface area (TPSA) is 117 Å². The van der Waals surface area contributed by atoms with Gasteiger partial charge in [-0.25, -0.2) is 4.98 Å². The molecule has 1 saturated heterocycles. The van der Waals surface area contributed by atoms with Crippen LogP contribution in [0.5, 0.6) is 0 Å². The molecule has 0 bridgehead atoms. The van der Waals surface area contributed by atoms with Crippen LogP contribution < -0.4 is 10.6 Å². The van der Waals surface area contributed by atoms with E-state index >= 15 is 0 Å². The third kappa shape index (κ3) is 5.80. The summed E-state index contributed by atoms with van der Waals surface area (Å²) >= 11 is 7.45. The van der Waals surface area contributed by atoms with E-state index in [1.807, 2.05) is 13.1 Å². The minimum Gasteiger partial charge on any atom is -0.375 e. The molecule has 1 fully saturated rings. The Bertz CT molecular complexity index is 1380. The highest BCUT2D eigenvalue weighted by Crippen LogP contribution is 2.25. The predicted octanol–water partition coefficient (Wildman–Crippen LogP) is 2.11. The molecule has 12 heteroatoms. The maximum absolute atomic E-state index is 13.2. The van der Waals surface area contributed by atoms with Crippen LogP contribution in [0.4, 0.5) is 0 Å². The molecular weight excluding hydrogens is 528 g/mol. The zero-order valence-corrected chi connectivity index (χ0v) is 22.8. The first-order chi connectivity index (χ1) is 18.3. The number of piperidine rings is 1. The number of likely N-dealkylation sites (N-methyl/N-ethyl adjacent to an activating group) is 1. The number of ether oxygens (including phenoxy) is 1. The summed E-state index contributed by atoms with van der Waals surface area (Å²) in [6.07, 6.45) is 2.89. The zero-order chi connectivity index (χ0) is 26.8. The van der Waals surface area contributed by atoms with Crippen molar-refractivity contribution in [3.8, 4) is 0 Å². The number of hydrogen-bond donors (Lipinski definition) is 2. The lowest BCUT2D eigenvalue weighted by Gasteiger charge is -2.39. The van der Waals surface area contributed by atoms with Crippen LogP contribution in [0.3, 0.4) is 0 Å². The summed E-state index contributed by atoms with van der Waals surface area (Å²) in [7, 11) is 3.51. The van der Waals surface area contributed by atoms with Crippen LogP contribution in [0.25, 0.3) is 10.8 Å². The van der Waals surface area contributed by atoms with Crippen LogP contribution in [0.15, 0.2) is 30.5 Å². The molecule has 2 N–H and O–H groups in total. The standard InChI is InChI=1S/C26H29ClN6O4S/c1-32-7-5-19-22(13-32)38-26(31-19)25(36)30-21-12-33(23(34)14-37-2)8-6-18(21)29-24(35)20-10-15-3-4-17(27)9-16(15)11-28-20/h3-4,9-11,18,21H,5-8,12-14H2,1-2H3,(H,29,35)(H,30,36). The molecule has 0 radical (unpaired) electrons. The molecule has 2 aliphatic rings. The van der Waals surface area contributed by atoms with Crippen molar-refractivity contribution >= 4 is 51.4 Å². The number of carbonyl (C=O) groups is 3. The second kappa shape index (κ2) is 11.3. The molecule has 2 atom stereocenters. The van der Waals surface area contributed by atoms with Gasteiger partial charge in [-0.2, -0.15) is 0 Å². The summed E-state index contributed by atoms with van der Waals surface area (Å²) in [6, 6.07) is 6.19. The number of fused-ring (bicyclic) bond motifs is 2. The van der Waals surface area contributed by atoms with Crippen LogP contribution in [0.1, 0.15) is 37.3 Å². The van der Waals surface area contributed by atoms with E-state index in [0.29, 0.717) is 23.0 Å². The Morgan fingerprint density at radius 3 is 2.76 bits per heavy atom. The number of carbonyl (C=O) groups excluding carboxylic acids is 3. The van der Waals surface area contributed by atoms with Gasteiger partial charge in [-0.1, -0.05) is 17.7 Å². The van der Waals surface area contributed by atoms with Crippen LogP contribution in [0.2, 0.25) is 5.02 Å². The van der Waals surface area contributed by atoms with Gasteiger partial charge >= 0.3 is 0 Å². The number of hydrogen-bond acceptors (Lipinski definition) is 8. The molecule has 2 unspecified atom stereocenters. The number of benzene rings is 1. The fourth-order valence-corrected chi connectivity index (χ4v) is 6.11. The van der Waals surface area contributed by atoms with Crippen molar-refractivity contribution < 1.29 is 19.1 Å². The zero-order valence-electron chi connectivity index (χ0n) is 21.2. The van der Waals surface area contributed by atoms with Gasteiger partial charge in [0, 0.05) is 61.2 Å². The second-order valence-electron chi connectivity index (χ2n) is 9.66. The number of thiazole rings is 1. The van der Waals surface area contributed by atoms with Crippen LogP contribution in [-0.4, -0.2) is 90.0 Å². The predicted molar refractivity (Wildman–Crippen MR) is 144 cm³/mol. The van der Waals surface area contributed by atoms with Gasteiger partial charge < -0.3 is 25.2 Å². The Balaban J connectivity index is 1.33. The lowest BCUT2D eigenvalue weighted by molar-refractivity contribution is -0.136. The Morgan fingerprint density at radius 1 is 1.13 bits per heavy atom. The molecule has 0 aliphatic carbocycles. The lowest BCUT2D eigenvalue weighted by atomic mass is 9.98. The van der Waals surface area contributed by atoms with E-state index in [1.165, 1.54) is 18.4 Å². The summed E-state index contributed by atoms with van der Waals surface area (Å²) in [5.74, 6) is -0.826. The third-order valence-corrected chi connectivity index (χ3v) is 8.22. The Labute approximate surface area is 229 Å². The van der Waals surface area contributed by atoms with E-state index < -0.39 is 12.1 Å². The van der Waals surface area contributed by atoms with Crippen molar-refractivity contribution in [1.82, 2.24) is 30.4 Å². The fraction of sp³-hybridized carbons (Fsp3) is 0.423. The first-order valence-electron chi connectivity index (χ1n) is 12.4. The van der Waals surface area contributed by atoms with E-state index in [1.54, 1.807) is 29.3 Å². The van der Waals surface area contributed by atoms with Gasteiger partial charge in [-0.15, -0.1) is 11.3 Å². The van der Waals surface area contributed by atoms with Crippen molar-refractivity contribution in [2.24, 2.45) is 0 Å². The summed E-state index contributed by atoms with van der Waals surface area (Å²) in [4.78, 5) is 52.8. The molecule has 4 heterocycles. The molecule has 2 aliphatic heterocycles. The maximum Gasteiger partial charge on any atom is 0.280 e. The summed E-state index contributed by atoms with van der Waals surface area (Å²) < 4.78 is 5.01. The van der Waals surface area contributed by atoms with Crippen molar-refractivity contribution in [3.05, 3.63) is 56.8 Å². The monoisotopic (exact) mass is 556 g/mol. The van der Waals surface area contributed by atoms with Gasteiger partial charge in [0.25, 0.3) is 11.8 Å². The summed E-state index contributed by atoms with van der Waals surface area (Å²) in [6.45, 7) is 2.31. The van der Waals surface area contributed by atoms with Crippen molar-refractivity contribution in [2.45, 2.75) is 31.5 Å². The molecule has 3 amide bonds. The van der Waals surface area contributed by atoms with E-state index in [-0.39, 0.29) is 36.6 Å². The highest BCUT2D eigenvalue weighted by molar-refractivity contribution is 7.13. The molecule has 38 heavy (non-hydrogen) atoms. The minimum atomic E-state index is -0.510. The third-order valence-electron chi connectivity index (χ3n) is 6.90. The van der Waals surface area contributed by atoms with Crippen LogP contribution in [-0.2, 0) is 22.5 Å². The first-order valence-corrected chi connectivity index (χ1v) is 13.6. The smallest absolute Gasteiger partial charge is 0.280 e. The molecule has 0 saturated carbocycles. The number of likely N-dealkylation sites (tertiary alicyclic amines) is 1. The molecule has 3 aromatic rings.